The molecule has 20 heavy (non-hydrogen) atoms. The minimum atomic E-state index is -0.364. The molecule has 106 valence electrons. The SMILES string of the molecule is CC(C)(C)c1ccc(CNc2ccccc2[N+](=O)[O-])s1. The van der Waals surface area contributed by atoms with Crippen molar-refractivity contribution in [2.45, 2.75) is 32.7 Å². The molecule has 1 aromatic carbocycles. The third-order valence-corrected chi connectivity index (χ3v) is 4.47. The number of nitro groups is 1. The highest BCUT2D eigenvalue weighted by Crippen LogP contribution is 2.30. The number of benzene rings is 1. The highest BCUT2D eigenvalue weighted by atomic mass is 32.1. The van der Waals surface area contributed by atoms with Gasteiger partial charge in [0.25, 0.3) is 5.69 Å². The second-order valence-electron chi connectivity index (χ2n) is 5.64. The molecule has 0 atom stereocenters. The molecule has 1 N–H and O–H groups in total. The van der Waals surface area contributed by atoms with Crippen molar-refractivity contribution in [3.05, 3.63) is 56.3 Å². The van der Waals surface area contributed by atoms with Gasteiger partial charge in [-0.1, -0.05) is 32.9 Å². The summed E-state index contributed by atoms with van der Waals surface area (Å²) in [6.07, 6.45) is 0. The van der Waals surface area contributed by atoms with E-state index in [1.807, 2.05) is 0 Å². The lowest BCUT2D eigenvalue weighted by atomic mass is 9.95. The molecule has 0 saturated heterocycles. The molecule has 1 aromatic heterocycles. The number of nitro benzene ring substituents is 1. The summed E-state index contributed by atoms with van der Waals surface area (Å²) in [7, 11) is 0. The van der Waals surface area contributed by atoms with Gasteiger partial charge in [-0.2, -0.15) is 0 Å². The highest BCUT2D eigenvalue weighted by molar-refractivity contribution is 7.12. The van der Waals surface area contributed by atoms with E-state index < -0.39 is 0 Å². The van der Waals surface area contributed by atoms with Crippen LogP contribution in [0.15, 0.2) is 36.4 Å². The number of hydrogen-bond donors (Lipinski definition) is 1. The summed E-state index contributed by atoms with van der Waals surface area (Å²) in [5, 5.41) is 14.1. The molecule has 2 aromatic rings. The lowest BCUT2D eigenvalue weighted by Crippen LogP contribution is -2.07. The van der Waals surface area contributed by atoms with E-state index in [0.717, 1.165) is 0 Å². The fraction of sp³-hybridized carbons (Fsp3) is 0.333. The van der Waals surface area contributed by atoms with Crippen molar-refractivity contribution < 1.29 is 4.92 Å². The summed E-state index contributed by atoms with van der Waals surface area (Å²) in [4.78, 5) is 13.1. The molecule has 0 aliphatic rings. The molecular formula is C15H18N2O2S. The monoisotopic (exact) mass is 290 g/mol. The molecule has 0 unspecified atom stereocenters. The molecule has 0 aliphatic carbocycles. The second kappa shape index (κ2) is 5.63. The number of thiophene rings is 1. The van der Waals surface area contributed by atoms with Crippen LogP contribution in [0.3, 0.4) is 0 Å². The Morgan fingerprint density at radius 3 is 2.50 bits per heavy atom. The number of hydrogen-bond acceptors (Lipinski definition) is 4. The normalized spacial score (nSPS) is 11.3. The van der Waals surface area contributed by atoms with E-state index in [-0.39, 0.29) is 16.0 Å². The average Bonchev–Trinajstić information content (AvgIpc) is 2.85. The van der Waals surface area contributed by atoms with Crippen molar-refractivity contribution >= 4 is 22.7 Å². The number of anilines is 1. The quantitative estimate of drug-likeness (QED) is 0.663. The summed E-state index contributed by atoms with van der Waals surface area (Å²) < 4.78 is 0. The van der Waals surface area contributed by atoms with Crippen molar-refractivity contribution in [3.8, 4) is 0 Å². The first-order chi connectivity index (χ1) is 9.38. The number of para-hydroxylation sites is 2. The van der Waals surface area contributed by atoms with Crippen LogP contribution in [0.2, 0.25) is 0 Å². The van der Waals surface area contributed by atoms with Gasteiger partial charge in [-0.25, -0.2) is 0 Å². The summed E-state index contributed by atoms with van der Waals surface area (Å²) >= 11 is 1.74. The number of nitrogens with zero attached hydrogens (tertiary/aromatic N) is 1. The van der Waals surface area contributed by atoms with Crippen LogP contribution < -0.4 is 5.32 Å². The fourth-order valence-corrected chi connectivity index (χ4v) is 2.85. The van der Waals surface area contributed by atoms with Gasteiger partial charge in [-0.3, -0.25) is 10.1 Å². The van der Waals surface area contributed by atoms with E-state index in [0.29, 0.717) is 12.2 Å². The molecule has 4 nitrogen and oxygen atoms in total. The standard InChI is InChI=1S/C15H18N2O2S/c1-15(2,3)14-9-8-11(20-14)10-16-12-6-4-5-7-13(12)17(18)19/h4-9,16H,10H2,1-3H3. The summed E-state index contributed by atoms with van der Waals surface area (Å²) in [5.74, 6) is 0. The summed E-state index contributed by atoms with van der Waals surface area (Å²) in [6, 6.07) is 10.9. The van der Waals surface area contributed by atoms with Crippen LogP contribution in [0, 0.1) is 10.1 Å². The van der Waals surface area contributed by atoms with Gasteiger partial charge in [0, 0.05) is 22.4 Å². The summed E-state index contributed by atoms with van der Waals surface area (Å²) in [5.41, 5.74) is 0.810. The van der Waals surface area contributed by atoms with E-state index in [2.05, 4.69) is 38.2 Å². The molecule has 0 bridgehead atoms. The zero-order chi connectivity index (χ0) is 14.8. The molecule has 5 heteroatoms. The van der Waals surface area contributed by atoms with Gasteiger partial charge in [-0.05, 0) is 23.6 Å². The Labute approximate surface area is 122 Å². The first-order valence-electron chi connectivity index (χ1n) is 6.44. The first-order valence-corrected chi connectivity index (χ1v) is 7.26. The van der Waals surface area contributed by atoms with Gasteiger partial charge < -0.3 is 5.32 Å². The third-order valence-electron chi connectivity index (χ3n) is 2.95. The van der Waals surface area contributed by atoms with Crippen LogP contribution in [0.25, 0.3) is 0 Å². The van der Waals surface area contributed by atoms with Crippen molar-refractivity contribution in [1.82, 2.24) is 0 Å². The first kappa shape index (κ1) is 14.5. The molecule has 0 radical (unpaired) electrons. The number of rotatable bonds is 4. The van der Waals surface area contributed by atoms with Crippen LogP contribution in [0.1, 0.15) is 30.5 Å². The van der Waals surface area contributed by atoms with Gasteiger partial charge in [0.05, 0.1) is 4.92 Å². The Kier molecular flexibility index (Phi) is 4.09. The van der Waals surface area contributed by atoms with Gasteiger partial charge in [0.1, 0.15) is 5.69 Å². The van der Waals surface area contributed by atoms with E-state index in [1.165, 1.54) is 15.8 Å². The van der Waals surface area contributed by atoms with E-state index in [4.69, 9.17) is 0 Å². The maximum Gasteiger partial charge on any atom is 0.292 e. The Morgan fingerprint density at radius 2 is 1.90 bits per heavy atom. The predicted octanol–water partition coefficient (Wildman–Crippen LogP) is 4.57. The topological polar surface area (TPSA) is 55.2 Å². The highest BCUT2D eigenvalue weighted by Gasteiger charge is 2.16. The maximum atomic E-state index is 10.9. The Bertz CT molecular complexity index is 614. The van der Waals surface area contributed by atoms with Crippen molar-refractivity contribution in [2.24, 2.45) is 0 Å². The van der Waals surface area contributed by atoms with Gasteiger partial charge in [-0.15, -0.1) is 11.3 Å². The second-order valence-corrected chi connectivity index (χ2v) is 6.81. The van der Waals surface area contributed by atoms with Crippen LogP contribution in [-0.4, -0.2) is 4.92 Å². The molecular weight excluding hydrogens is 272 g/mol. The minimum absolute atomic E-state index is 0.111. The fourth-order valence-electron chi connectivity index (χ4n) is 1.84. The van der Waals surface area contributed by atoms with Crippen LogP contribution in [0.5, 0.6) is 0 Å². The van der Waals surface area contributed by atoms with E-state index in [9.17, 15) is 10.1 Å². The van der Waals surface area contributed by atoms with E-state index >= 15 is 0 Å². The Hall–Kier alpha value is -1.88. The number of nitrogens with one attached hydrogen (secondary N) is 1. The molecule has 2 rings (SSSR count). The van der Waals surface area contributed by atoms with Crippen molar-refractivity contribution in [3.63, 3.8) is 0 Å². The van der Waals surface area contributed by atoms with Gasteiger partial charge >= 0.3 is 0 Å². The van der Waals surface area contributed by atoms with Crippen molar-refractivity contribution in [1.29, 1.82) is 0 Å². The predicted molar refractivity (Wildman–Crippen MR) is 83.4 cm³/mol. The Balaban J connectivity index is 2.10. The van der Waals surface area contributed by atoms with Crippen LogP contribution >= 0.6 is 11.3 Å². The zero-order valence-electron chi connectivity index (χ0n) is 11.8. The third kappa shape index (κ3) is 3.36. The van der Waals surface area contributed by atoms with Crippen LogP contribution in [-0.2, 0) is 12.0 Å². The van der Waals surface area contributed by atoms with E-state index in [1.54, 1.807) is 29.5 Å². The molecule has 1 heterocycles. The average molecular weight is 290 g/mol. The minimum Gasteiger partial charge on any atom is -0.375 e. The lowest BCUT2D eigenvalue weighted by molar-refractivity contribution is -0.384. The molecule has 0 saturated carbocycles. The molecule has 0 fully saturated rings. The largest absolute Gasteiger partial charge is 0.375 e. The van der Waals surface area contributed by atoms with Crippen molar-refractivity contribution in [2.75, 3.05) is 5.32 Å². The maximum absolute atomic E-state index is 10.9. The zero-order valence-corrected chi connectivity index (χ0v) is 12.7. The van der Waals surface area contributed by atoms with Crippen LogP contribution in [0.4, 0.5) is 11.4 Å². The smallest absolute Gasteiger partial charge is 0.292 e. The summed E-state index contributed by atoms with van der Waals surface area (Å²) in [6.45, 7) is 7.14. The lowest BCUT2D eigenvalue weighted by Gasteiger charge is -2.15. The Morgan fingerprint density at radius 1 is 1.20 bits per heavy atom. The van der Waals surface area contributed by atoms with Gasteiger partial charge in [0.2, 0.25) is 0 Å². The van der Waals surface area contributed by atoms with Gasteiger partial charge in [0.15, 0.2) is 0 Å². The molecule has 0 amide bonds. The molecule has 0 aliphatic heterocycles. The molecule has 0 spiro atoms.